The summed E-state index contributed by atoms with van der Waals surface area (Å²) in [5.41, 5.74) is 1.58. The van der Waals surface area contributed by atoms with Crippen molar-refractivity contribution < 1.29 is 15.0 Å². The number of anilines is 1. The van der Waals surface area contributed by atoms with Gasteiger partial charge in [-0.1, -0.05) is 18.2 Å². The number of benzene rings is 1. The lowest BCUT2D eigenvalue weighted by Gasteiger charge is -2.24. The Bertz CT molecular complexity index is 1030. The van der Waals surface area contributed by atoms with Gasteiger partial charge in [-0.25, -0.2) is 15.0 Å². The number of rotatable bonds is 4. The van der Waals surface area contributed by atoms with Crippen molar-refractivity contribution in [2.45, 2.75) is 31.4 Å². The number of hydrogen-bond acceptors (Lipinski definition) is 6. The van der Waals surface area contributed by atoms with E-state index >= 15 is 0 Å². The number of hydrogen-bond donors (Lipinski definition) is 3. The van der Waals surface area contributed by atoms with Gasteiger partial charge in [-0.2, -0.15) is 0 Å². The van der Waals surface area contributed by atoms with Gasteiger partial charge in [-0.05, 0) is 36.8 Å². The van der Waals surface area contributed by atoms with Crippen LogP contribution in [0.15, 0.2) is 43.0 Å². The maximum Gasteiger partial charge on any atom is 0.256 e. The van der Waals surface area contributed by atoms with Crippen LogP contribution in [-0.2, 0) is 0 Å². The van der Waals surface area contributed by atoms with E-state index in [1.165, 1.54) is 6.33 Å². The van der Waals surface area contributed by atoms with E-state index in [0.29, 0.717) is 29.0 Å². The molecule has 3 N–H and O–H groups in total. The molecule has 0 aliphatic heterocycles. The van der Waals surface area contributed by atoms with E-state index in [1.807, 2.05) is 10.6 Å². The molecular formula is C20H21N5O3. The summed E-state index contributed by atoms with van der Waals surface area (Å²) in [6.07, 6.45) is 5.09. The zero-order chi connectivity index (χ0) is 19.3. The van der Waals surface area contributed by atoms with Gasteiger partial charge in [0.05, 0.1) is 12.4 Å². The third-order valence-electron chi connectivity index (χ3n) is 6.32. The number of fused-ring (bicyclic) bond motifs is 1. The Labute approximate surface area is 161 Å². The van der Waals surface area contributed by atoms with Gasteiger partial charge < -0.3 is 20.1 Å². The standard InChI is InChI=1S/C20H21N5O3/c26-9-13-14(27)8-15(20(13)6-7-20)25-11-23-16-17(21-10-22-18(16)25)24-19(28)12-4-2-1-3-5-12/h1-5,10-11,13-15,26-27H,6-9H2,(H,21,22,24,28)/t13-,14+,15+/m1/s1. The van der Waals surface area contributed by atoms with Crippen molar-refractivity contribution in [3.63, 3.8) is 0 Å². The summed E-state index contributed by atoms with van der Waals surface area (Å²) in [6.45, 7) is -0.0162. The molecule has 0 radical (unpaired) electrons. The van der Waals surface area contributed by atoms with Crippen LogP contribution in [0.2, 0.25) is 0 Å². The summed E-state index contributed by atoms with van der Waals surface area (Å²) in [5.74, 6) is -0.0146. The van der Waals surface area contributed by atoms with Crippen molar-refractivity contribution >= 4 is 22.9 Å². The zero-order valence-electron chi connectivity index (χ0n) is 15.2. The number of carbonyl (C=O) groups excluding carboxylic acids is 1. The maximum absolute atomic E-state index is 12.5. The Morgan fingerprint density at radius 3 is 2.71 bits per heavy atom. The Balaban J connectivity index is 1.49. The third kappa shape index (κ3) is 2.52. The molecule has 144 valence electrons. The van der Waals surface area contributed by atoms with Gasteiger partial charge in [-0.3, -0.25) is 4.79 Å². The second kappa shape index (κ2) is 6.35. The van der Waals surface area contributed by atoms with Gasteiger partial charge in [-0.15, -0.1) is 0 Å². The molecule has 1 amide bonds. The molecule has 3 aromatic rings. The van der Waals surface area contributed by atoms with Crippen molar-refractivity contribution in [2.24, 2.45) is 11.3 Å². The molecule has 8 heteroatoms. The van der Waals surface area contributed by atoms with Crippen molar-refractivity contribution in [3.8, 4) is 0 Å². The fourth-order valence-corrected chi connectivity index (χ4v) is 4.74. The van der Waals surface area contributed by atoms with Crippen LogP contribution in [0.5, 0.6) is 0 Å². The molecule has 1 spiro atoms. The number of carbonyl (C=O) groups is 1. The highest BCUT2D eigenvalue weighted by Gasteiger charge is 2.62. The first-order valence-corrected chi connectivity index (χ1v) is 9.47. The van der Waals surface area contributed by atoms with Crippen LogP contribution in [-0.4, -0.2) is 48.4 Å². The summed E-state index contributed by atoms with van der Waals surface area (Å²) in [7, 11) is 0. The molecule has 2 aliphatic rings. The van der Waals surface area contributed by atoms with Crippen molar-refractivity contribution in [1.29, 1.82) is 0 Å². The second-order valence-electron chi connectivity index (χ2n) is 7.71. The lowest BCUT2D eigenvalue weighted by molar-refractivity contribution is 0.0650. The molecule has 0 saturated heterocycles. The lowest BCUT2D eigenvalue weighted by Crippen LogP contribution is -2.26. The van der Waals surface area contributed by atoms with E-state index in [2.05, 4.69) is 20.3 Å². The van der Waals surface area contributed by atoms with Gasteiger partial charge in [0, 0.05) is 24.1 Å². The largest absolute Gasteiger partial charge is 0.396 e. The second-order valence-corrected chi connectivity index (χ2v) is 7.71. The number of aromatic nitrogens is 4. The molecule has 0 unspecified atom stereocenters. The van der Waals surface area contributed by atoms with Crippen LogP contribution in [0, 0.1) is 11.3 Å². The topological polar surface area (TPSA) is 113 Å². The Kier molecular flexibility index (Phi) is 3.92. The van der Waals surface area contributed by atoms with Gasteiger partial charge >= 0.3 is 0 Å². The Hall–Kier alpha value is -2.84. The molecule has 1 aromatic carbocycles. The van der Waals surface area contributed by atoms with Crippen LogP contribution < -0.4 is 5.32 Å². The molecule has 2 heterocycles. The molecule has 2 aliphatic carbocycles. The maximum atomic E-state index is 12.5. The number of nitrogens with zero attached hydrogens (tertiary/aromatic N) is 4. The average Bonchev–Trinajstić information content (AvgIpc) is 3.30. The normalized spacial score (nSPS) is 25.3. The minimum Gasteiger partial charge on any atom is -0.396 e. The summed E-state index contributed by atoms with van der Waals surface area (Å²) in [5, 5.41) is 23.0. The molecule has 28 heavy (non-hydrogen) atoms. The molecule has 8 nitrogen and oxygen atoms in total. The summed E-state index contributed by atoms with van der Waals surface area (Å²) >= 11 is 0. The highest BCUT2D eigenvalue weighted by molar-refractivity contribution is 6.06. The molecule has 0 bridgehead atoms. The monoisotopic (exact) mass is 379 g/mol. The number of aliphatic hydroxyl groups excluding tert-OH is 2. The van der Waals surface area contributed by atoms with Crippen molar-refractivity contribution in [1.82, 2.24) is 19.5 Å². The van der Waals surface area contributed by atoms with Crippen molar-refractivity contribution in [2.75, 3.05) is 11.9 Å². The number of imidazole rings is 1. The number of nitrogens with one attached hydrogen (secondary N) is 1. The fourth-order valence-electron chi connectivity index (χ4n) is 4.74. The summed E-state index contributed by atoms with van der Waals surface area (Å²) < 4.78 is 1.97. The molecular weight excluding hydrogens is 358 g/mol. The van der Waals surface area contributed by atoms with Crippen LogP contribution in [0.3, 0.4) is 0 Å². The van der Waals surface area contributed by atoms with Gasteiger partial charge in [0.25, 0.3) is 5.91 Å². The molecule has 2 aromatic heterocycles. The Morgan fingerprint density at radius 1 is 1.21 bits per heavy atom. The smallest absolute Gasteiger partial charge is 0.256 e. The van der Waals surface area contributed by atoms with Gasteiger partial charge in [0.1, 0.15) is 6.33 Å². The fraction of sp³-hybridized carbons (Fsp3) is 0.400. The first kappa shape index (κ1) is 17.3. The van der Waals surface area contributed by atoms with E-state index in [4.69, 9.17) is 0 Å². The first-order chi connectivity index (χ1) is 13.6. The third-order valence-corrected chi connectivity index (χ3v) is 6.32. The molecule has 3 atom stereocenters. The first-order valence-electron chi connectivity index (χ1n) is 9.47. The zero-order valence-corrected chi connectivity index (χ0v) is 15.2. The predicted molar refractivity (Wildman–Crippen MR) is 102 cm³/mol. The van der Waals surface area contributed by atoms with Crippen LogP contribution >= 0.6 is 0 Å². The van der Waals surface area contributed by atoms with Crippen LogP contribution in [0.4, 0.5) is 5.82 Å². The van der Waals surface area contributed by atoms with Crippen LogP contribution in [0.1, 0.15) is 35.7 Å². The highest BCUT2D eigenvalue weighted by Crippen LogP contribution is 2.66. The number of aliphatic hydroxyl groups is 2. The van der Waals surface area contributed by atoms with E-state index in [0.717, 1.165) is 12.8 Å². The summed E-state index contributed by atoms with van der Waals surface area (Å²) in [6, 6.07) is 8.95. The summed E-state index contributed by atoms with van der Waals surface area (Å²) in [4.78, 5) is 25.5. The lowest BCUT2D eigenvalue weighted by atomic mass is 9.90. The molecule has 2 fully saturated rings. The van der Waals surface area contributed by atoms with E-state index in [9.17, 15) is 15.0 Å². The molecule has 5 rings (SSSR count). The SMILES string of the molecule is O=C(Nc1ncnc2c1ncn2[C@H]1C[C@H](O)[C@@H](CO)C12CC2)c1ccccc1. The number of amides is 1. The Morgan fingerprint density at radius 2 is 2.00 bits per heavy atom. The highest BCUT2D eigenvalue weighted by atomic mass is 16.3. The van der Waals surface area contributed by atoms with Gasteiger partial charge in [0.15, 0.2) is 17.0 Å². The quantitative estimate of drug-likeness (QED) is 0.637. The van der Waals surface area contributed by atoms with E-state index in [1.54, 1.807) is 30.6 Å². The van der Waals surface area contributed by atoms with Gasteiger partial charge in [0.2, 0.25) is 0 Å². The predicted octanol–water partition coefficient (Wildman–Crippen LogP) is 1.77. The van der Waals surface area contributed by atoms with E-state index < -0.39 is 6.10 Å². The van der Waals surface area contributed by atoms with E-state index in [-0.39, 0.29) is 29.9 Å². The minimum atomic E-state index is -0.533. The molecule has 2 saturated carbocycles. The average molecular weight is 379 g/mol. The van der Waals surface area contributed by atoms with Crippen LogP contribution in [0.25, 0.3) is 11.2 Å². The van der Waals surface area contributed by atoms with Crippen molar-refractivity contribution in [3.05, 3.63) is 48.5 Å². The minimum absolute atomic E-state index is 0.0162.